The zero-order valence-electron chi connectivity index (χ0n) is 19.4. The number of aliphatic carboxylic acids is 1. The van der Waals surface area contributed by atoms with Gasteiger partial charge in [0.25, 0.3) is 10.0 Å². The van der Waals surface area contributed by atoms with E-state index in [1.54, 1.807) is 48.5 Å². The van der Waals surface area contributed by atoms with Gasteiger partial charge in [-0.05, 0) is 36.2 Å². The molecule has 0 aliphatic heterocycles. The van der Waals surface area contributed by atoms with Crippen molar-refractivity contribution < 1.29 is 31.5 Å². The lowest BCUT2D eigenvalue weighted by atomic mass is 10.0. The second-order valence-electron chi connectivity index (χ2n) is 7.97. The molecule has 9 nitrogen and oxygen atoms in total. The third-order valence-electron chi connectivity index (χ3n) is 5.19. The summed E-state index contributed by atoms with van der Waals surface area (Å²) >= 11 is 0.871. The molecule has 38 heavy (non-hydrogen) atoms. The number of anilines is 1. The van der Waals surface area contributed by atoms with Crippen molar-refractivity contribution in [3.8, 4) is 10.6 Å². The number of carboxylic acids is 1. The zero-order valence-corrected chi connectivity index (χ0v) is 21.0. The Morgan fingerprint density at radius 2 is 1.79 bits per heavy atom. The van der Waals surface area contributed by atoms with Gasteiger partial charge in [0.15, 0.2) is 10.7 Å². The van der Waals surface area contributed by atoms with Crippen LogP contribution in [0.4, 0.5) is 19.0 Å². The third-order valence-corrected chi connectivity index (χ3v) is 7.47. The Balaban J connectivity index is 1.61. The van der Waals surface area contributed by atoms with E-state index < -0.39 is 33.9 Å². The maximum absolute atomic E-state index is 13.0. The summed E-state index contributed by atoms with van der Waals surface area (Å²) in [4.78, 5) is 22.8. The number of hydrogen-bond donors (Lipinski definition) is 3. The molecule has 3 heterocycles. The predicted octanol–water partition coefficient (Wildman–Crippen LogP) is 4.38. The molecular weight excluding hydrogens is 543 g/mol. The van der Waals surface area contributed by atoms with Crippen molar-refractivity contribution in [2.45, 2.75) is 23.7 Å². The fraction of sp³-hybridized carbons (Fsp3) is 0.167. The summed E-state index contributed by atoms with van der Waals surface area (Å²) in [6.45, 7) is -0.380. The van der Waals surface area contributed by atoms with Crippen molar-refractivity contribution >= 4 is 33.1 Å². The van der Waals surface area contributed by atoms with E-state index in [4.69, 9.17) is 5.11 Å². The number of thiazole rings is 1. The van der Waals surface area contributed by atoms with Gasteiger partial charge in [-0.3, -0.25) is 4.79 Å². The van der Waals surface area contributed by atoms with E-state index in [9.17, 15) is 26.4 Å². The van der Waals surface area contributed by atoms with Crippen LogP contribution in [-0.4, -0.2) is 41.0 Å². The summed E-state index contributed by atoms with van der Waals surface area (Å²) in [5, 5.41) is 12.5. The lowest BCUT2D eigenvalue weighted by molar-refractivity contribution is -0.140. The quantitative estimate of drug-likeness (QED) is 0.259. The molecule has 14 heteroatoms. The molecule has 0 radical (unpaired) electrons. The van der Waals surface area contributed by atoms with Crippen LogP contribution >= 0.6 is 11.3 Å². The standard InChI is InChI=1S/C24H20F3N5O4S2/c25-24(26,27)19-14-37-23(31-19)16-9-7-15(8-10-16)12-18(32-38(35,36)21-6-1-2-11-28-21)17-4-3-5-20(30-17)29-13-22(33)34/h1-11,14,18,32H,12-13H2,(H,29,30)(H,33,34). The van der Waals surface area contributed by atoms with Crippen LogP contribution in [0, 0.1) is 0 Å². The number of pyridine rings is 2. The number of aromatic nitrogens is 3. The largest absolute Gasteiger partial charge is 0.480 e. The van der Waals surface area contributed by atoms with Crippen LogP contribution in [0.25, 0.3) is 10.6 Å². The van der Waals surface area contributed by atoms with E-state index >= 15 is 0 Å². The average Bonchev–Trinajstić information content (AvgIpc) is 3.39. The molecule has 4 aromatic rings. The third kappa shape index (κ3) is 6.90. The number of rotatable bonds is 10. The average molecular weight is 564 g/mol. The normalized spacial score (nSPS) is 12.7. The minimum absolute atomic E-state index is 0.132. The first-order chi connectivity index (χ1) is 18.0. The van der Waals surface area contributed by atoms with E-state index in [1.165, 1.54) is 18.3 Å². The summed E-state index contributed by atoms with van der Waals surface area (Å²) in [6, 6.07) is 14.9. The lowest BCUT2D eigenvalue weighted by Gasteiger charge is -2.19. The maximum Gasteiger partial charge on any atom is 0.434 e. The molecule has 1 aromatic carbocycles. The molecule has 0 saturated heterocycles. The van der Waals surface area contributed by atoms with Gasteiger partial charge < -0.3 is 10.4 Å². The SMILES string of the molecule is O=C(O)CNc1cccc(C(Cc2ccc(-c3nc(C(F)(F)F)cs3)cc2)NS(=O)(=O)c2ccccn2)n1. The van der Waals surface area contributed by atoms with Gasteiger partial charge in [-0.1, -0.05) is 36.4 Å². The Morgan fingerprint density at radius 1 is 1.03 bits per heavy atom. The van der Waals surface area contributed by atoms with Gasteiger partial charge in [0.2, 0.25) is 0 Å². The Hall–Kier alpha value is -3.88. The number of hydrogen-bond acceptors (Lipinski definition) is 8. The van der Waals surface area contributed by atoms with Gasteiger partial charge in [-0.2, -0.15) is 13.2 Å². The highest BCUT2D eigenvalue weighted by molar-refractivity contribution is 7.89. The van der Waals surface area contributed by atoms with Crippen LogP contribution in [-0.2, 0) is 27.4 Å². The fourth-order valence-electron chi connectivity index (χ4n) is 3.43. The number of nitrogens with one attached hydrogen (secondary N) is 2. The molecule has 0 spiro atoms. The number of sulfonamides is 1. The Kier molecular flexibility index (Phi) is 8.04. The summed E-state index contributed by atoms with van der Waals surface area (Å²) in [5.74, 6) is -0.848. The van der Waals surface area contributed by atoms with E-state index in [2.05, 4.69) is 25.0 Å². The molecular formula is C24H20F3N5O4S2. The van der Waals surface area contributed by atoms with Crippen LogP contribution < -0.4 is 10.0 Å². The first-order valence-corrected chi connectivity index (χ1v) is 13.4. The van der Waals surface area contributed by atoms with Gasteiger partial charge in [-0.15, -0.1) is 11.3 Å². The molecule has 0 amide bonds. The zero-order chi connectivity index (χ0) is 27.3. The smallest absolute Gasteiger partial charge is 0.434 e. The topological polar surface area (TPSA) is 134 Å². The predicted molar refractivity (Wildman–Crippen MR) is 134 cm³/mol. The highest BCUT2D eigenvalue weighted by Crippen LogP contribution is 2.33. The summed E-state index contributed by atoms with van der Waals surface area (Å²) in [7, 11) is -4.06. The van der Waals surface area contributed by atoms with E-state index in [0.717, 1.165) is 16.7 Å². The van der Waals surface area contributed by atoms with Crippen molar-refractivity contribution in [3.63, 3.8) is 0 Å². The molecule has 0 aliphatic carbocycles. The molecule has 0 fully saturated rings. The van der Waals surface area contributed by atoms with Crippen LogP contribution in [0.3, 0.4) is 0 Å². The van der Waals surface area contributed by atoms with Crippen LogP contribution in [0.2, 0.25) is 0 Å². The summed E-state index contributed by atoms with van der Waals surface area (Å²) in [5.41, 5.74) is 0.505. The molecule has 0 aliphatic rings. The Morgan fingerprint density at radius 3 is 2.42 bits per heavy atom. The number of carbonyl (C=O) groups is 1. The number of carboxylic acid groups (broad SMARTS) is 1. The van der Waals surface area contributed by atoms with E-state index in [-0.39, 0.29) is 28.8 Å². The Bertz CT molecular complexity index is 1510. The molecule has 0 bridgehead atoms. The molecule has 1 unspecified atom stereocenters. The second-order valence-corrected chi connectivity index (χ2v) is 10.5. The number of alkyl halides is 3. The molecule has 0 saturated carbocycles. The first kappa shape index (κ1) is 27.2. The highest BCUT2D eigenvalue weighted by atomic mass is 32.2. The van der Waals surface area contributed by atoms with Crippen molar-refractivity contribution in [2.24, 2.45) is 0 Å². The minimum Gasteiger partial charge on any atom is -0.480 e. The van der Waals surface area contributed by atoms with Crippen LogP contribution in [0.15, 0.2) is 77.3 Å². The summed E-state index contributed by atoms with van der Waals surface area (Å²) in [6.07, 6.45) is -3.05. The molecule has 3 N–H and O–H groups in total. The lowest BCUT2D eigenvalue weighted by Crippen LogP contribution is -2.31. The van der Waals surface area contributed by atoms with Crippen LogP contribution in [0.1, 0.15) is 23.0 Å². The highest BCUT2D eigenvalue weighted by Gasteiger charge is 2.33. The minimum atomic E-state index is -4.53. The first-order valence-electron chi connectivity index (χ1n) is 11.0. The molecule has 3 aromatic heterocycles. The number of halogens is 3. The van der Waals surface area contributed by atoms with E-state index in [0.29, 0.717) is 16.8 Å². The maximum atomic E-state index is 13.0. The van der Waals surface area contributed by atoms with Crippen molar-refractivity contribution in [1.29, 1.82) is 0 Å². The fourth-order valence-corrected chi connectivity index (χ4v) is 5.42. The van der Waals surface area contributed by atoms with Crippen molar-refractivity contribution in [2.75, 3.05) is 11.9 Å². The van der Waals surface area contributed by atoms with Crippen molar-refractivity contribution in [1.82, 2.24) is 19.7 Å². The van der Waals surface area contributed by atoms with Gasteiger partial charge in [-0.25, -0.2) is 28.1 Å². The Labute approximate surface area is 219 Å². The van der Waals surface area contributed by atoms with Gasteiger partial charge in [0.05, 0.1) is 11.7 Å². The molecule has 1 atom stereocenters. The van der Waals surface area contributed by atoms with Gasteiger partial charge >= 0.3 is 12.1 Å². The summed E-state index contributed by atoms with van der Waals surface area (Å²) < 4.78 is 67.4. The van der Waals surface area contributed by atoms with Crippen molar-refractivity contribution in [3.05, 3.63) is 89.2 Å². The van der Waals surface area contributed by atoms with E-state index in [1.807, 2.05) is 0 Å². The monoisotopic (exact) mass is 563 g/mol. The van der Waals surface area contributed by atoms with Gasteiger partial charge in [0.1, 0.15) is 17.4 Å². The molecule has 198 valence electrons. The second kappa shape index (κ2) is 11.2. The van der Waals surface area contributed by atoms with Crippen LogP contribution in [0.5, 0.6) is 0 Å². The number of benzene rings is 1. The molecule has 4 rings (SSSR count). The van der Waals surface area contributed by atoms with Gasteiger partial charge in [0, 0.05) is 17.1 Å². The number of nitrogens with zero attached hydrogens (tertiary/aromatic N) is 3.